The number of halogens is 2. The first-order valence-electron chi connectivity index (χ1n) is 6.21. The standard InChI is InChI=1S/C14H12Br2N2O2/c1-19-9-4-5-11(10(15)6-9)20-13-7-12(16)17-14(18-13)8-2-3-8/h4-8H,2-3H2,1H3. The third kappa shape index (κ3) is 3.12. The molecular formula is C14H12Br2N2O2. The number of ether oxygens (including phenoxy) is 2. The van der Waals surface area contributed by atoms with Gasteiger partial charge in [0.25, 0.3) is 0 Å². The molecule has 1 saturated carbocycles. The highest BCUT2D eigenvalue weighted by Crippen LogP contribution is 2.40. The maximum absolute atomic E-state index is 5.82. The van der Waals surface area contributed by atoms with Gasteiger partial charge in [0.1, 0.15) is 21.9 Å². The van der Waals surface area contributed by atoms with Crippen LogP contribution in [-0.4, -0.2) is 17.1 Å². The Labute approximate surface area is 133 Å². The second-order valence-electron chi connectivity index (χ2n) is 4.56. The molecule has 104 valence electrons. The Morgan fingerprint density at radius 3 is 2.60 bits per heavy atom. The molecule has 0 atom stereocenters. The van der Waals surface area contributed by atoms with E-state index in [0.29, 0.717) is 17.5 Å². The number of nitrogens with zero attached hydrogens (tertiary/aromatic N) is 2. The van der Waals surface area contributed by atoms with Gasteiger partial charge in [-0.1, -0.05) is 0 Å². The lowest BCUT2D eigenvalue weighted by Gasteiger charge is -2.09. The summed E-state index contributed by atoms with van der Waals surface area (Å²) in [5.41, 5.74) is 0. The van der Waals surface area contributed by atoms with Crippen molar-refractivity contribution in [1.82, 2.24) is 9.97 Å². The van der Waals surface area contributed by atoms with Crippen LogP contribution in [0.15, 0.2) is 33.3 Å². The van der Waals surface area contributed by atoms with Gasteiger partial charge in [0, 0.05) is 12.0 Å². The molecule has 20 heavy (non-hydrogen) atoms. The monoisotopic (exact) mass is 398 g/mol. The molecule has 1 aliphatic rings. The minimum atomic E-state index is 0.481. The molecule has 0 amide bonds. The van der Waals surface area contributed by atoms with Crippen molar-refractivity contribution in [1.29, 1.82) is 0 Å². The molecule has 0 aliphatic heterocycles. The van der Waals surface area contributed by atoms with Gasteiger partial charge in [-0.25, -0.2) is 4.98 Å². The first-order valence-corrected chi connectivity index (χ1v) is 7.80. The molecule has 1 fully saturated rings. The summed E-state index contributed by atoms with van der Waals surface area (Å²) in [6.07, 6.45) is 2.31. The average Bonchev–Trinajstić information content (AvgIpc) is 3.25. The van der Waals surface area contributed by atoms with Crippen molar-refractivity contribution in [3.63, 3.8) is 0 Å². The Hall–Kier alpha value is -1.14. The van der Waals surface area contributed by atoms with Crippen molar-refractivity contribution in [2.24, 2.45) is 0 Å². The van der Waals surface area contributed by atoms with Gasteiger partial charge in [0.2, 0.25) is 5.88 Å². The first kappa shape index (κ1) is 13.8. The normalized spacial score (nSPS) is 14.2. The van der Waals surface area contributed by atoms with Crippen LogP contribution in [0.5, 0.6) is 17.4 Å². The fourth-order valence-corrected chi connectivity index (χ4v) is 2.61. The van der Waals surface area contributed by atoms with E-state index >= 15 is 0 Å². The molecule has 0 saturated heterocycles. The summed E-state index contributed by atoms with van der Waals surface area (Å²) < 4.78 is 12.5. The van der Waals surface area contributed by atoms with Gasteiger partial charge in [-0.2, -0.15) is 4.98 Å². The molecule has 3 rings (SSSR count). The van der Waals surface area contributed by atoms with Crippen LogP contribution in [0.4, 0.5) is 0 Å². The first-order chi connectivity index (χ1) is 9.65. The molecular weight excluding hydrogens is 388 g/mol. The largest absolute Gasteiger partial charge is 0.497 e. The van der Waals surface area contributed by atoms with Crippen LogP contribution in [-0.2, 0) is 0 Å². The van der Waals surface area contributed by atoms with Gasteiger partial charge < -0.3 is 9.47 Å². The third-order valence-electron chi connectivity index (χ3n) is 2.98. The molecule has 1 aromatic heterocycles. The fraction of sp³-hybridized carbons (Fsp3) is 0.286. The van der Waals surface area contributed by atoms with Crippen LogP contribution in [0.1, 0.15) is 24.6 Å². The number of aromatic nitrogens is 2. The van der Waals surface area contributed by atoms with E-state index in [1.165, 1.54) is 0 Å². The van der Waals surface area contributed by atoms with Crippen LogP contribution in [0.2, 0.25) is 0 Å². The van der Waals surface area contributed by atoms with E-state index in [1.807, 2.05) is 18.2 Å². The third-order valence-corrected chi connectivity index (χ3v) is 4.01. The summed E-state index contributed by atoms with van der Waals surface area (Å²) in [4.78, 5) is 8.84. The molecule has 0 bridgehead atoms. The van der Waals surface area contributed by atoms with E-state index in [4.69, 9.17) is 9.47 Å². The van der Waals surface area contributed by atoms with Crippen molar-refractivity contribution in [3.8, 4) is 17.4 Å². The molecule has 2 aromatic rings. The van der Waals surface area contributed by atoms with Gasteiger partial charge in [-0.3, -0.25) is 0 Å². The zero-order valence-corrected chi connectivity index (χ0v) is 13.9. The van der Waals surface area contributed by atoms with E-state index in [1.54, 1.807) is 13.2 Å². The summed E-state index contributed by atoms with van der Waals surface area (Å²) >= 11 is 6.86. The van der Waals surface area contributed by atoms with E-state index in [0.717, 1.165) is 33.5 Å². The summed E-state index contributed by atoms with van der Waals surface area (Å²) in [6.45, 7) is 0. The summed E-state index contributed by atoms with van der Waals surface area (Å²) in [7, 11) is 1.63. The van der Waals surface area contributed by atoms with E-state index in [-0.39, 0.29) is 0 Å². The molecule has 1 aliphatic carbocycles. The van der Waals surface area contributed by atoms with Gasteiger partial charge in [-0.15, -0.1) is 0 Å². The Morgan fingerprint density at radius 2 is 1.95 bits per heavy atom. The fourth-order valence-electron chi connectivity index (χ4n) is 1.79. The van der Waals surface area contributed by atoms with Gasteiger partial charge >= 0.3 is 0 Å². The highest BCUT2D eigenvalue weighted by molar-refractivity contribution is 9.10. The van der Waals surface area contributed by atoms with E-state index < -0.39 is 0 Å². The molecule has 1 aromatic carbocycles. The van der Waals surface area contributed by atoms with Gasteiger partial charge in [0.05, 0.1) is 11.6 Å². The van der Waals surface area contributed by atoms with Crippen LogP contribution in [0.25, 0.3) is 0 Å². The van der Waals surface area contributed by atoms with Crippen molar-refractivity contribution in [2.45, 2.75) is 18.8 Å². The van der Waals surface area contributed by atoms with Crippen molar-refractivity contribution < 1.29 is 9.47 Å². The number of hydrogen-bond donors (Lipinski definition) is 0. The van der Waals surface area contributed by atoms with Crippen LogP contribution >= 0.6 is 31.9 Å². The highest BCUT2D eigenvalue weighted by atomic mass is 79.9. The SMILES string of the molecule is COc1ccc(Oc2cc(Br)nc(C3CC3)n2)c(Br)c1. The maximum Gasteiger partial charge on any atom is 0.223 e. The smallest absolute Gasteiger partial charge is 0.223 e. The minimum absolute atomic E-state index is 0.481. The van der Waals surface area contributed by atoms with Crippen LogP contribution in [0.3, 0.4) is 0 Å². The van der Waals surface area contributed by atoms with Crippen molar-refractivity contribution in [3.05, 3.63) is 39.2 Å². The zero-order valence-electron chi connectivity index (χ0n) is 10.8. The number of benzene rings is 1. The molecule has 0 radical (unpaired) electrons. The summed E-state index contributed by atoms with van der Waals surface area (Å²) in [6, 6.07) is 7.31. The molecule has 6 heteroatoms. The number of hydrogen-bond acceptors (Lipinski definition) is 4. The lowest BCUT2D eigenvalue weighted by molar-refractivity contribution is 0.411. The lowest BCUT2D eigenvalue weighted by atomic mass is 10.3. The quantitative estimate of drug-likeness (QED) is 0.700. The Kier molecular flexibility index (Phi) is 3.94. The highest BCUT2D eigenvalue weighted by Gasteiger charge is 2.27. The predicted octanol–water partition coefficient (Wildman–Crippen LogP) is 4.68. The van der Waals surface area contributed by atoms with Crippen molar-refractivity contribution >= 4 is 31.9 Å². The maximum atomic E-state index is 5.82. The molecule has 0 spiro atoms. The summed E-state index contributed by atoms with van der Waals surface area (Å²) in [5.74, 6) is 3.33. The second-order valence-corrected chi connectivity index (χ2v) is 6.23. The number of methoxy groups -OCH3 is 1. The lowest BCUT2D eigenvalue weighted by Crippen LogP contribution is -1.97. The van der Waals surface area contributed by atoms with Crippen LogP contribution < -0.4 is 9.47 Å². The molecule has 0 N–H and O–H groups in total. The van der Waals surface area contributed by atoms with E-state index in [9.17, 15) is 0 Å². The average molecular weight is 400 g/mol. The summed E-state index contributed by atoms with van der Waals surface area (Å²) in [5, 5.41) is 0. The Balaban J connectivity index is 1.87. The molecule has 4 nitrogen and oxygen atoms in total. The zero-order chi connectivity index (χ0) is 14.1. The van der Waals surface area contributed by atoms with Crippen LogP contribution in [0, 0.1) is 0 Å². The Bertz CT molecular complexity index is 645. The van der Waals surface area contributed by atoms with Gasteiger partial charge in [-0.05, 0) is 62.9 Å². The predicted molar refractivity (Wildman–Crippen MR) is 82.5 cm³/mol. The Morgan fingerprint density at radius 1 is 1.15 bits per heavy atom. The van der Waals surface area contributed by atoms with E-state index in [2.05, 4.69) is 41.8 Å². The number of rotatable bonds is 4. The second kappa shape index (κ2) is 5.69. The molecule has 1 heterocycles. The van der Waals surface area contributed by atoms with Gasteiger partial charge in [0.15, 0.2) is 0 Å². The minimum Gasteiger partial charge on any atom is -0.497 e. The molecule has 0 unspecified atom stereocenters. The van der Waals surface area contributed by atoms with Crippen molar-refractivity contribution in [2.75, 3.05) is 7.11 Å². The topological polar surface area (TPSA) is 44.2 Å².